The van der Waals surface area contributed by atoms with Gasteiger partial charge >= 0.3 is 0 Å². The van der Waals surface area contributed by atoms with Gasteiger partial charge in [-0.15, -0.1) is 0 Å². The summed E-state index contributed by atoms with van der Waals surface area (Å²) in [6.07, 6.45) is 0. The van der Waals surface area contributed by atoms with Crippen LogP contribution in [-0.2, 0) is 0 Å². The van der Waals surface area contributed by atoms with Gasteiger partial charge in [-0.1, -0.05) is 12.1 Å². The van der Waals surface area contributed by atoms with Crippen molar-refractivity contribution in [2.24, 2.45) is 0 Å². The van der Waals surface area contributed by atoms with Crippen molar-refractivity contribution in [3.05, 3.63) is 60.7 Å². The monoisotopic (exact) mass is 294 g/mol. The van der Waals surface area contributed by atoms with E-state index in [0.717, 1.165) is 33.6 Å². The molecule has 0 spiro atoms. The number of nitrogen functional groups attached to an aromatic ring is 2. The Morgan fingerprint density at radius 1 is 0.591 bits per heavy atom. The van der Waals surface area contributed by atoms with E-state index < -0.39 is 0 Å². The molecule has 4 N–H and O–H groups in total. The molecular weight excluding hydrogens is 276 g/mol. The summed E-state index contributed by atoms with van der Waals surface area (Å²) in [4.78, 5) is 0. The van der Waals surface area contributed by atoms with Crippen molar-refractivity contribution in [1.82, 2.24) is 0 Å². The maximum absolute atomic E-state index is 5.77. The molecule has 0 saturated heterocycles. The first kappa shape index (κ1) is 14.1. The molecule has 0 bridgehead atoms. The second-order valence-corrected chi connectivity index (χ2v) is 5.03. The van der Waals surface area contributed by atoms with E-state index in [0.29, 0.717) is 13.2 Å². The summed E-state index contributed by atoms with van der Waals surface area (Å²) in [5.41, 5.74) is 12.9. The van der Waals surface area contributed by atoms with Crippen molar-refractivity contribution >= 4 is 22.1 Å². The molecule has 0 heterocycles. The summed E-state index contributed by atoms with van der Waals surface area (Å²) in [6, 6.07) is 19.1. The maximum atomic E-state index is 5.77. The molecule has 3 rings (SSSR count). The Hall–Kier alpha value is -2.88. The van der Waals surface area contributed by atoms with Crippen molar-refractivity contribution in [3.8, 4) is 11.5 Å². The molecule has 4 heteroatoms. The van der Waals surface area contributed by atoms with E-state index in [4.69, 9.17) is 20.9 Å². The number of fused-ring (bicyclic) bond motifs is 1. The SMILES string of the molecule is Nc1ccc(OCCOc2ccc3cc(N)ccc3c2)cc1. The first-order valence-corrected chi connectivity index (χ1v) is 7.11. The number of anilines is 2. The van der Waals surface area contributed by atoms with Gasteiger partial charge in [-0.05, 0) is 59.3 Å². The summed E-state index contributed by atoms with van der Waals surface area (Å²) >= 11 is 0. The molecule has 0 unspecified atom stereocenters. The standard InChI is InChI=1S/C18H18N2O2/c19-15-4-7-17(8-5-15)21-9-10-22-18-6-2-13-11-16(20)3-1-14(13)12-18/h1-8,11-12H,9-10,19-20H2. The van der Waals surface area contributed by atoms with E-state index in [2.05, 4.69) is 0 Å². The third kappa shape index (κ3) is 3.41. The Morgan fingerprint density at radius 2 is 1.14 bits per heavy atom. The van der Waals surface area contributed by atoms with Gasteiger partial charge in [-0.25, -0.2) is 0 Å². The molecule has 0 fully saturated rings. The number of benzene rings is 3. The highest BCUT2D eigenvalue weighted by Crippen LogP contribution is 2.22. The number of hydrogen-bond acceptors (Lipinski definition) is 4. The highest BCUT2D eigenvalue weighted by atomic mass is 16.5. The fourth-order valence-electron chi connectivity index (χ4n) is 2.22. The van der Waals surface area contributed by atoms with E-state index in [9.17, 15) is 0 Å². The Morgan fingerprint density at radius 3 is 1.91 bits per heavy atom. The van der Waals surface area contributed by atoms with Crippen LogP contribution in [0.4, 0.5) is 11.4 Å². The van der Waals surface area contributed by atoms with E-state index in [1.165, 1.54) is 0 Å². The lowest BCUT2D eigenvalue weighted by Crippen LogP contribution is -2.08. The average Bonchev–Trinajstić information content (AvgIpc) is 2.53. The molecule has 0 amide bonds. The first-order chi connectivity index (χ1) is 10.7. The second-order valence-electron chi connectivity index (χ2n) is 5.03. The minimum absolute atomic E-state index is 0.476. The molecule has 0 aliphatic rings. The number of rotatable bonds is 5. The Balaban J connectivity index is 1.55. The molecule has 0 aliphatic heterocycles. The quantitative estimate of drug-likeness (QED) is 0.558. The average molecular weight is 294 g/mol. The molecule has 3 aromatic rings. The van der Waals surface area contributed by atoms with Crippen LogP contribution in [0.2, 0.25) is 0 Å². The van der Waals surface area contributed by atoms with Crippen LogP contribution < -0.4 is 20.9 Å². The molecule has 4 nitrogen and oxygen atoms in total. The van der Waals surface area contributed by atoms with Gasteiger partial charge < -0.3 is 20.9 Å². The molecule has 0 radical (unpaired) electrons. The van der Waals surface area contributed by atoms with Gasteiger partial charge in [0.2, 0.25) is 0 Å². The van der Waals surface area contributed by atoms with E-state index in [-0.39, 0.29) is 0 Å². The number of ether oxygens (including phenoxy) is 2. The normalized spacial score (nSPS) is 10.5. The molecule has 0 saturated carbocycles. The van der Waals surface area contributed by atoms with Crippen LogP contribution in [0, 0.1) is 0 Å². The zero-order valence-electron chi connectivity index (χ0n) is 12.2. The zero-order chi connectivity index (χ0) is 15.4. The Bertz CT molecular complexity index is 770. The van der Waals surface area contributed by atoms with Crippen LogP contribution in [0.5, 0.6) is 11.5 Å². The summed E-state index contributed by atoms with van der Waals surface area (Å²) in [5.74, 6) is 1.60. The van der Waals surface area contributed by atoms with Gasteiger partial charge in [0.25, 0.3) is 0 Å². The molecule has 0 aromatic heterocycles. The Labute approximate surface area is 129 Å². The predicted octanol–water partition coefficient (Wildman–Crippen LogP) is 3.46. The Kier molecular flexibility index (Phi) is 4.01. The molecule has 112 valence electrons. The minimum atomic E-state index is 0.476. The third-order valence-corrected chi connectivity index (χ3v) is 3.34. The lowest BCUT2D eigenvalue weighted by Gasteiger charge is -2.09. The lowest BCUT2D eigenvalue weighted by molar-refractivity contribution is 0.217. The van der Waals surface area contributed by atoms with Crippen LogP contribution in [0.3, 0.4) is 0 Å². The van der Waals surface area contributed by atoms with Crippen molar-refractivity contribution in [2.75, 3.05) is 24.7 Å². The maximum Gasteiger partial charge on any atom is 0.122 e. The zero-order valence-corrected chi connectivity index (χ0v) is 12.2. The highest BCUT2D eigenvalue weighted by molar-refractivity contribution is 5.86. The van der Waals surface area contributed by atoms with Gasteiger partial charge in [0.05, 0.1) is 0 Å². The van der Waals surface area contributed by atoms with Gasteiger partial charge in [0, 0.05) is 11.4 Å². The number of nitrogens with two attached hydrogens (primary N) is 2. The van der Waals surface area contributed by atoms with Gasteiger partial charge in [-0.2, -0.15) is 0 Å². The van der Waals surface area contributed by atoms with E-state index in [1.807, 2.05) is 60.7 Å². The topological polar surface area (TPSA) is 70.5 Å². The summed E-state index contributed by atoms with van der Waals surface area (Å²) in [6.45, 7) is 0.953. The van der Waals surface area contributed by atoms with Crippen LogP contribution >= 0.6 is 0 Å². The predicted molar refractivity (Wildman–Crippen MR) is 90.2 cm³/mol. The second kappa shape index (κ2) is 6.26. The lowest BCUT2D eigenvalue weighted by atomic mass is 10.1. The van der Waals surface area contributed by atoms with Crippen molar-refractivity contribution < 1.29 is 9.47 Å². The smallest absolute Gasteiger partial charge is 0.122 e. The molecule has 22 heavy (non-hydrogen) atoms. The third-order valence-electron chi connectivity index (χ3n) is 3.34. The van der Waals surface area contributed by atoms with Crippen molar-refractivity contribution in [2.45, 2.75) is 0 Å². The summed E-state index contributed by atoms with van der Waals surface area (Å²) in [7, 11) is 0. The molecule has 0 aliphatic carbocycles. The molecule has 3 aromatic carbocycles. The molecular formula is C18H18N2O2. The highest BCUT2D eigenvalue weighted by Gasteiger charge is 1.99. The minimum Gasteiger partial charge on any atom is -0.490 e. The fourth-order valence-corrected chi connectivity index (χ4v) is 2.22. The van der Waals surface area contributed by atoms with Crippen molar-refractivity contribution in [1.29, 1.82) is 0 Å². The fraction of sp³-hybridized carbons (Fsp3) is 0.111. The van der Waals surface area contributed by atoms with Gasteiger partial charge in [-0.3, -0.25) is 0 Å². The van der Waals surface area contributed by atoms with Crippen molar-refractivity contribution in [3.63, 3.8) is 0 Å². The van der Waals surface area contributed by atoms with Crippen LogP contribution in [0.25, 0.3) is 10.8 Å². The van der Waals surface area contributed by atoms with E-state index in [1.54, 1.807) is 0 Å². The van der Waals surface area contributed by atoms with Gasteiger partial charge in [0.15, 0.2) is 0 Å². The van der Waals surface area contributed by atoms with Crippen LogP contribution in [-0.4, -0.2) is 13.2 Å². The largest absolute Gasteiger partial charge is 0.490 e. The van der Waals surface area contributed by atoms with Crippen LogP contribution in [0.1, 0.15) is 0 Å². The summed E-state index contributed by atoms with van der Waals surface area (Å²) < 4.78 is 11.3. The summed E-state index contributed by atoms with van der Waals surface area (Å²) in [5, 5.41) is 2.21. The molecule has 0 atom stereocenters. The first-order valence-electron chi connectivity index (χ1n) is 7.11. The van der Waals surface area contributed by atoms with Crippen LogP contribution in [0.15, 0.2) is 60.7 Å². The van der Waals surface area contributed by atoms with Gasteiger partial charge in [0.1, 0.15) is 24.7 Å². The number of hydrogen-bond donors (Lipinski definition) is 2. The van der Waals surface area contributed by atoms with E-state index >= 15 is 0 Å².